The number of rotatable bonds is 11. The lowest BCUT2D eigenvalue weighted by Gasteiger charge is -2.11. The zero-order valence-corrected chi connectivity index (χ0v) is 25.0. The van der Waals surface area contributed by atoms with Crippen LogP contribution in [0.1, 0.15) is 68.9 Å². The van der Waals surface area contributed by atoms with Crippen LogP contribution in [0.2, 0.25) is 0 Å². The highest BCUT2D eigenvalue weighted by Crippen LogP contribution is 2.30. The van der Waals surface area contributed by atoms with Crippen LogP contribution in [0.25, 0.3) is 22.3 Å². The molecule has 9 nitrogen and oxygen atoms in total. The van der Waals surface area contributed by atoms with Gasteiger partial charge < -0.3 is 14.3 Å². The number of unbranched alkanes of at least 4 members (excludes halogenated alkanes) is 1. The Morgan fingerprint density at radius 1 is 1.10 bits per heavy atom. The van der Waals surface area contributed by atoms with Crippen LogP contribution in [0.5, 0.6) is 0 Å². The van der Waals surface area contributed by atoms with Gasteiger partial charge in [-0.05, 0) is 61.4 Å². The maximum atomic E-state index is 13.2. The second kappa shape index (κ2) is 12.2. The van der Waals surface area contributed by atoms with E-state index in [-0.39, 0.29) is 11.6 Å². The summed E-state index contributed by atoms with van der Waals surface area (Å²) in [6, 6.07) is 11.7. The van der Waals surface area contributed by atoms with Gasteiger partial charge in [-0.25, -0.2) is 19.5 Å². The predicted octanol–water partition coefficient (Wildman–Crippen LogP) is 6.07. The monoisotopic (exact) mass is 565 g/mol. The van der Waals surface area contributed by atoms with Crippen LogP contribution in [-0.4, -0.2) is 40.6 Å². The molecule has 0 radical (unpaired) electrons. The number of benzene rings is 1. The van der Waals surface area contributed by atoms with E-state index in [9.17, 15) is 13.2 Å². The zero-order chi connectivity index (χ0) is 29.0. The predicted molar refractivity (Wildman–Crippen MR) is 157 cm³/mol. The first kappa shape index (κ1) is 29.3. The summed E-state index contributed by atoms with van der Waals surface area (Å²) in [4.78, 5) is 24.8. The molecule has 10 heteroatoms. The Labute approximate surface area is 236 Å². The highest BCUT2D eigenvalue weighted by Gasteiger charge is 2.26. The molecule has 214 valence electrons. The van der Waals surface area contributed by atoms with Crippen molar-refractivity contribution in [3.63, 3.8) is 0 Å². The van der Waals surface area contributed by atoms with Gasteiger partial charge in [-0.15, -0.1) is 0 Å². The Bertz CT molecular complexity index is 1600. The van der Waals surface area contributed by atoms with Crippen molar-refractivity contribution in [2.45, 2.75) is 78.8 Å². The lowest BCUT2D eigenvalue weighted by molar-refractivity contribution is 0.151. The fourth-order valence-corrected chi connectivity index (χ4v) is 5.93. The van der Waals surface area contributed by atoms with Gasteiger partial charge in [0.25, 0.3) is 10.0 Å². The SMILES string of the molecule is CCCCOC(=O)NS(=O)(=O)c1[nH]c(CC(C)C)cc1-c1ccc(Cn2c(CC)nc3c(C)cc(C)nc32)cc1. The molecule has 3 aromatic heterocycles. The largest absolute Gasteiger partial charge is 0.449 e. The Kier molecular flexibility index (Phi) is 8.98. The van der Waals surface area contributed by atoms with E-state index < -0.39 is 16.1 Å². The van der Waals surface area contributed by atoms with Gasteiger partial charge in [-0.3, -0.25) is 0 Å². The third-order valence-electron chi connectivity index (χ3n) is 6.71. The summed E-state index contributed by atoms with van der Waals surface area (Å²) in [5.74, 6) is 1.28. The van der Waals surface area contributed by atoms with Gasteiger partial charge in [-0.1, -0.05) is 58.4 Å². The van der Waals surface area contributed by atoms with Crippen LogP contribution >= 0.6 is 0 Å². The molecule has 0 aliphatic carbocycles. The molecule has 0 saturated heterocycles. The summed E-state index contributed by atoms with van der Waals surface area (Å²) in [7, 11) is -4.18. The number of nitrogens with zero attached hydrogens (tertiary/aromatic N) is 3. The van der Waals surface area contributed by atoms with Gasteiger partial charge in [0.15, 0.2) is 10.7 Å². The number of amides is 1. The number of carbonyl (C=O) groups is 1. The molecule has 4 aromatic rings. The van der Waals surface area contributed by atoms with Gasteiger partial charge >= 0.3 is 6.09 Å². The first-order valence-corrected chi connectivity index (χ1v) is 15.3. The number of pyridine rings is 1. The Morgan fingerprint density at radius 2 is 1.82 bits per heavy atom. The Hall–Kier alpha value is -3.66. The maximum absolute atomic E-state index is 13.2. The summed E-state index contributed by atoms with van der Waals surface area (Å²) in [5.41, 5.74) is 6.89. The molecule has 3 heterocycles. The lowest BCUT2D eigenvalue weighted by Crippen LogP contribution is -2.32. The number of nitrogens with one attached hydrogen (secondary N) is 2. The van der Waals surface area contributed by atoms with Crippen molar-refractivity contribution in [1.29, 1.82) is 0 Å². The van der Waals surface area contributed by atoms with Crippen LogP contribution in [0.4, 0.5) is 4.79 Å². The van der Waals surface area contributed by atoms with Crippen LogP contribution in [0.15, 0.2) is 41.4 Å². The molecular formula is C30H39N5O4S. The van der Waals surface area contributed by atoms with Crippen molar-refractivity contribution < 1.29 is 17.9 Å². The van der Waals surface area contributed by atoms with Crippen molar-refractivity contribution in [2.24, 2.45) is 5.92 Å². The van der Waals surface area contributed by atoms with E-state index in [1.54, 1.807) is 0 Å². The van der Waals surface area contributed by atoms with E-state index in [2.05, 4.69) is 42.0 Å². The average Bonchev–Trinajstić information content (AvgIpc) is 3.46. The number of hydrogen-bond acceptors (Lipinski definition) is 6. The number of H-pyrrole nitrogens is 1. The smallest absolute Gasteiger partial charge is 0.421 e. The second-order valence-electron chi connectivity index (χ2n) is 10.6. The zero-order valence-electron chi connectivity index (χ0n) is 24.2. The summed E-state index contributed by atoms with van der Waals surface area (Å²) >= 11 is 0. The van der Waals surface area contributed by atoms with Crippen molar-refractivity contribution >= 4 is 27.3 Å². The van der Waals surface area contributed by atoms with Gasteiger partial charge in [0.2, 0.25) is 0 Å². The molecule has 40 heavy (non-hydrogen) atoms. The highest BCUT2D eigenvalue weighted by atomic mass is 32.2. The quantitative estimate of drug-likeness (QED) is 0.213. The van der Waals surface area contributed by atoms with Crippen molar-refractivity contribution in [1.82, 2.24) is 24.2 Å². The van der Waals surface area contributed by atoms with Crippen molar-refractivity contribution in [2.75, 3.05) is 6.61 Å². The van der Waals surface area contributed by atoms with E-state index >= 15 is 0 Å². The summed E-state index contributed by atoms with van der Waals surface area (Å²) in [5, 5.41) is -0.0487. The number of sulfonamides is 1. The highest BCUT2D eigenvalue weighted by molar-refractivity contribution is 7.90. The third-order valence-corrected chi connectivity index (χ3v) is 8.00. The first-order valence-electron chi connectivity index (χ1n) is 13.9. The Balaban J connectivity index is 1.65. The number of aromatic nitrogens is 4. The van der Waals surface area contributed by atoms with Crippen LogP contribution in [-0.2, 0) is 34.1 Å². The number of aromatic amines is 1. The molecular weight excluding hydrogens is 526 g/mol. The molecule has 0 bridgehead atoms. The minimum atomic E-state index is -4.18. The molecule has 0 aliphatic rings. The van der Waals surface area contributed by atoms with Gasteiger partial charge in [0.1, 0.15) is 11.3 Å². The molecule has 2 N–H and O–H groups in total. The number of imidazole rings is 1. The maximum Gasteiger partial charge on any atom is 0.421 e. The van der Waals surface area contributed by atoms with Crippen molar-refractivity contribution in [3.8, 4) is 11.1 Å². The third kappa shape index (κ3) is 6.55. The number of fused-ring (bicyclic) bond motifs is 1. The van der Waals surface area contributed by atoms with E-state index in [4.69, 9.17) is 14.7 Å². The molecule has 0 fully saturated rings. The molecule has 0 aliphatic heterocycles. The number of hydrogen-bond donors (Lipinski definition) is 2. The summed E-state index contributed by atoms with van der Waals surface area (Å²) in [6.07, 6.45) is 1.97. The molecule has 0 atom stereocenters. The first-order chi connectivity index (χ1) is 19.0. The van der Waals surface area contributed by atoms with Gasteiger partial charge in [-0.2, -0.15) is 8.42 Å². The molecule has 0 saturated carbocycles. The van der Waals surface area contributed by atoms with E-state index in [0.717, 1.165) is 57.9 Å². The van der Waals surface area contributed by atoms with Gasteiger partial charge in [0.05, 0.1) is 13.2 Å². The van der Waals surface area contributed by atoms with Crippen molar-refractivity contribution in [3.05, 3.63) is 64.7 Å². The van der Waals surface area contributed by atoms with Gasteiger partial charge in [0, 0.05) is 23.4 Å². The van der Waals surface area contributed by atoms with Crippen LogP contribution in [0, 0.1) is 19.8 Å². The second-order valence-corrected chi connectivity index (χ2v) is 12.3. The average molecular weight is 566 g/mol. The molecule has 4 rings (SSSR count). The molecule has 0 spiro atoms. The molecule has 1 aromatic carbocycles. The standard InChI is InChI=1S/C30H39N5O4S/c1-7-9-14-39-30(36)34-40(37,38)29-25(17-24(32-29)15-19(3)4)23-12-10-22(11-13-23)18-35-26(8-2)33-27-20(5)16-21(6)31-28(27)35/h10-13,16-17,19,32H,7-9,14-15,18H2,1-6H3,(H,34,36). The number of aryl methyl sites for hydroxylation is 3. The minimum absolute atomic E-state index is 0.0487. The fourth-order valence-electron chi connectivity index (χ4n) is 4.82. The number of carbonyl (C=O) groups excluding carboxylic acids is 1. The summed E-state index contributed by atoms with van der Waals surface area (Å²) in [6.45, 7) is 13.0. The molecule has 1 amide bonds. The fraction of sp³-hybridized carbons (Fsp3) is 0.433. The van der Waals surface area contributed by atoms with E-state index in [0.29, 0.717) is 30.9 Å². The molecule has 0 unspecified atom stereocenters. The minimum Gasteiger partial charge on any atom is -0.449 e. The van der Waals surface area contributed by atoms with E-state index in [1.165, 1.54) is 0 Å². The summed E-state index contributed by atoms with van der Waals surface area (Å²) < 4.78 is 35.7. The normalized spacial score (nSPS) is 11.9. The van der Waals surface area contributed by atoms with Crippen LogP contribution in [0.3, 0.4) is 0 Å². The van der Waals surface area contributed by atoms with Crippen LogP contribution < -0.4 is 4.72 Å². The number of ether oxygens (including phenoxy) is 1. The topological polar surface area (TPSA) is 119 Å². The Morgan fingerprint density at radius 3 is 2.48 bits per heavy atom. The lowest BCUT2D eigenvalue weighted by atomic mass is 10.0. The van der Waals surface area contributed by atoms with E-state index in [1.807, 2.05) is 50.2 Å².